The Hall–Kier alpha value is -0.690. The lowest BCUT2D eigenvalue weighted by Gasteiger charge is -2.37. The Morgan fingerprint density at radius 1 is 1.24 bits per heavy atom. The molecule has 0 atom stereocenters. The predicted octanol–water partition coefficient (Wildman–Crippen LogP) is 3.07. The first-order chi connectivity index (χ1) is 9.74. The number of piperazine rings is 1. The van der Waals surface area contributed by atoms with Crippen LogP contribution in [0.15, 0.2) is 29.3 Å². The van der Waals surface area contributed by atoms with Gasteiger partial charge in [0.2, 0.25) is 0 Å². The van der Waals surface area contributed by atoms with E-state index in [1.54, 1.807) is 0 Å². The second-order valence-electron chi connectivity index (χ2n) is 4.78. The molecule has 1 heterocycles. The van der Waals surface area contributed by atoms with Crippen molar-refractivity contribution in [3.05, 3.63) is 29.3 Å². The number of nitrogens with one attached hydrogen (secondary N) is 1. The van der Waals surface area contributed by atoms with Gasteiger partial charge in [0.1, 0.15) is 0 Å². The van der Waals surface area contributed by atoms with Crippen LogP contribution in [-0.2, 0) is 0 Å². The Balaban J connectivity index is 0.00000220. The summed E-state index contributed by atoms with van der Waals surface area (Å²) in [6.45, 7) is 9.86. The predicted molar refractivity (Wildman–Crippen MR) is 102 cm³/mol. The monoisotopic (exact) mass is 422 g/mol. The van der Waals surface area contributed by atoms with Crippen molar-refractivity contribution in [1.29, 1.82) is 0 Å². The van der Waals surface area contributed by atoms with E-state index in [0.29, 0.717) is 0 Å². The zero-order chi connectivity index (χ0) is 14.4. The summed E-state index contributed by atoms with van der Waals surface area (Å²) in [6, 6.07) is 8.07. The molecule has 0 aliphatic carbocycles. The summed E-state index contributed by atoms with van der Waals surface area (Å²) < 4.78 is 0. The fraction of sp³-hybridized carbons (Fsp3) is 0.533. The molecule has 1 aromatic carbocycles. The number of anilines is 1. The van der Waals surface area contributed by atoms with Crippen LogP contribution in [0.1, 0.15) is 13.8 Å². The maximum Gasteiger partial charge on any atom is 0.194 e. The van der Waals surface area contributed by atoms with Gasteiger partial charge >= 0.3 is 0 Å². The fourth-order valence-corrected chi connectivity index (χ4v) is 2.61. The number of aliphatic imine (C=N–C) groups is 1. The first kappa shape index (κ1) is 18.4. The Morgan fingerprint density at radius 2 is 1.95 bits per heavy atom. The minimum absolute atomic E-state index is 0. The maximum atomic E-state index is 6.06. The van der Waals surface area contributed by atoms with Gasteiger partial charge in [-0.3, -0.25) is 4.99 Å². The molecule has 1 aliphatic rings. The Morgan fingerprint density at radius 3 is 2.52 bits per heavy atom. The van der Waals surface area contributed by atoms with Crippen LogP contribution in [-0.4, -0.2) is 50.1 Å². The van der Waals surface area contributed by atoms with Gasteiger partial charge in [-0.15, -0.1) is 24.0 Å². The maximum absolute atomic E-state index is 6.06. The average Bonchev–Trinajstić information content (AvgIpc) is 2.47. The SMILES string of the molecule is CCN=C(NCC)N1CCN(c2cccc(Cl)c2)CC1.I. The Labute approximate surface area is 149 Å². The Kier molecular flexibility index (Phi) is 8.18. The van der Waals surface area contributed by atoms with Crippen molar-refractivity contribution in [2.75, 3.05) is 44.2 Å². The van der Waals surface area contributed by atoms with E-state index in [1.165, 1.54) is 5.69 Å². The number of halogens is 2. The van der Waals surface area contributed by atoms with Gasteiger partial charge in [-0.1, -0.05) is 17.7 Å². The first-order valence-electron chi connectivity index (χ1n) is 7.28. The molecule has 0 unspecified atom stereocenters. The highest BCUT2D eigenvalue weighted by molar-refractivity contribution is 14.0. The van der Waals surface area contributed by atoms with Crippen LogP contribution in [0, 0.1) is 0 Å². The van der Waals surface area contributed by atoms with E-state index in [2.05, 4.69) is 40.0 Å². The normalized spacial score (nSPS) is 15.7. The van der Waals surface area contributed by atoms with Crippen molar-refractivity contribution in [2.45, 2.75) is 13.8 Å². The molecule has 118 valence electrons. The number of benzene rings is 1. The Bertz CT molecular complexity index is 459. The molecule has 2 rings (SSSR count). The molecule has 0 spiro atoms. The smallest absolute Gasteiger partial charge is 0.194 e. The molecule has 0 amide bonds. The second kappa shape index (κ2) is 9.35. The third-order valence-corrected chi connectivity index (χ3v) is 3.63. The summed E-state index contributed by atoms with van der Waals surface area (Å²) in [4.78, 5) is 9.24. The summed E-state index contributed by atoms with van der Waals surface area (Å²) in [7, 11) is 0. The van der Waals surface area contributed by atoms with E-state index >= 15 is 0 Å². The lowest BCUT2D eigenvalue weighted by atomic mass is 10.2. The summed E-state index contributed by atoms with van der Waals surface area (Å²) in [6.07, 6.45) is 0. The quantitative estimate of drug-likeness (QED) is 0.461. The minimum atomic E-state index is 0. The molecule has 6 heteroatoms. The molecule has 21 heavy (non-hydrogen) atoms. The van der Waals surface area contributed by atoms with Crippen molar-refractivity contribution < 1.29 is 0 Å². The second-order valence-corrected chi connectivity index (χ2v) is 5.22. The van der Waals surface area contributed by atoms with Gasteiger partial charge in [0, 0.05) is 50.0 Å². The van der Waals surface area contributed by atoms with Gasteiger partial charge in [0.15, 0.2) is 5.96 Å². The standard InChI is InChI=1S/C15H23ClN4.HI/c1-3-17-15(18-4-2)20-10-8-19(9-11-20)14-7-5-6-13(16)12-14;/h5-7,12H,3-4,8-11H2,1-2H3,(H,17,18);1H. The van der Waals surface area contributed by atoms with Gasteiger partial charge in [-0.25, -0.2) is 0 Å². The molecule has 1 N–H and O–H groups in total. The summed E-state index contributed by atoms with van der Waals surface area (Å²) in [5.74, 6) is 1.03. The lowest BCUT2D eigenvalue weighted by Crippen LogP contribution is -2.52. The minimum Gasteiger partial charge on any atom is -0.368 e. The highest BCUT2D eigenvalue weighted by atomic mass is 127. The third kappa shape index (κ3) is 5.21. The summed E-state index contributed by atoms with van der Waals surface area (Å²) in [5.41, 5.74) is 1.20. The number of rotatable bonds is 3. The lowest BCUT2D eigenvalue weighted by molar-refractivity contribution is 0.373. The fourth-order valence-electron chi connectivity index (χ4n) is 2.42. The van der Waals surface area contributed by atoms with E-state index in [1.807, 2.05) is 18.2 Å². The van der Waals surface area contributed by atoms with Crippen LogP contribution in [0.25, 0.3) is 0 Å². The molecular formula is C15H24ClIN4. The molecule has 1 aliphatic heterocycles. The van der Waals surface area contributed by atoms with E-state index in [0.717, 1.165) is 50.3 Å². The van der Waals surface area contributed by atoms with Crippen LogP contribution in [0.3, 0.4) is 0 Å². The molecule has 0 radical (unpaired) electrons. The molecule has 0 aromatic heterocycles. The van der Waals surface area contributed by atoms with Crippen LogP contribution in [0.4, 0.5) is 5.69 Å². The molecule has 1 fully saturated rings. The van der Waals surface area contributed by atoms with E-state index < -0.39 is 0 Å². The molecular weight excluding hydrogens is 399 g/mol. The molecule has 0 bridgehead atoms. The molecule has 1 aromatic rings. The van der Waals surface area contributed by atoms with Gasteiger partial charge < -0.3 is 15.1 Å². The van der Waals surface area contributed by atoms with Gasteiger partial charge in [-0.05, 0) is 32.0 Å². The van der Waals surface area contributed by atoms with E-state index in [4.69, 9.17) is 11.6 Å². The van der Waals surface area contributed by atoms with Crippen LogP contribution in [0.2, 0.25) is 5.02 Å². The van der Waals surface area contributed by atoms with Crippen LogP contribution in [0.5, 0.6) is 0 Å². The van der Waals surface area contributed by atoms with E-state index in [-0.39, 0.29) is 24.0 Å². The zero-order valence-corrected chi connectivity index (χ0v) is 15.8. The highest BCUT2D eigenvalue weighted by Gasteiger charge is 2.19. The number of guanidine groups is 1. The van der Waals surface area contributed by atoms with Gasteiger partial charge in [0.05, 0.1) is 0 Å². The third-order valence-electron chi connectivity index (χ3n) is 3.40. The van der Waals surface area contributed by atoms with Crippen molar-refractivity contribution >= 4 is 47.2 Å². The topological polar surface area (TPSA) is 30.9 Å². The van der Waals surface area contributed by atoms with Crippen molar-refractivity contribution in [3.8, 4) is 0 Å². The average molecular weight is 423 g/mol. The summed E-state index contributed by atoms with van der Waals surface area (Å²) >= 11 is 6.06. The van der Waals surface area contributed by atoms with Crippen molar-refractivity contribution in [3.63, 3.8) is 0 Å². The molecule has 4 nitrogen and oxygen atoms in total. The molecule has 0 saturated carbocycles. The van der Waals surface area contributed by atoms with Crippen LogP contribution >= 0.6 is 35.6 Å². The summed E-state index contributed by atoms with van der Waals surface area (Å²) in [5, 5.41) is 4.15. The van der Waals surface area contributed by atoms with Gasteiger partial charge in [0.25, 0.3) is 0 Å². The number of hydrogen-bond donors (Lipinski definition) is 1. The van der Waals surface area contributed by atoms with Gasteiger partial charge in [-0.2, -0.15) is 0 Å². The largest absolute Gasteiger partial charge is 0.368 e. The van der Waals surface area contributed by atoms with Crippen LogP contribution < -0.4 is 10.2 Å². The zero-order valence-electron chi connectivity index (χ0n) is 12.7. The van der Waals surface area contributed by atoms with E-state index in [9.17, 15) is 0 Å². The number of nitrogens with zero attached hydrogens (tertiary/aromatic N) is 3. The van der Waals surface area contributed by atoms with Crippen molar-refractivity contribution in [1.82, 2.24) is 10.2 Å². The number of hydrogen-bond acceptors (Lipinski definition) is 2. The highest BCUT2D eigenvalue weighted by Crippen LogP contribution is 2.20. The van der Waals surface area contributed by atoms with Crippen molar-refractivity contribution in [2.24, 2.45) is 4.99 Å². The first-order valence-corrected chi connectivity index (χ1v) is 7.66. The molecule has 1 saturated heterocycles.